The van der Waals surface area contributed by atoms with Crippen LogP contribution in [-0.4, -0.2) is 17.3 Å². The Bertz CT molecular complexity index is 353. The van der Waals surface area contributed by atoms with Crippen molar-refractivity contribution in [2.24, 2.45) is 0 Å². The maximum atomic E-state index is 11.5. The Morgan fingerprint density at radius 1 is 1.50 bits per heavy atom. The maximum Gasteiger partial charge on any atom is 0.237 e. The normalized spacial score (nSPS) is 11.9. The largest absolute Gasteiger partial charge is 0.491 e. The first-order chi connectivity index (χ1) is 7.65. The highest BCUT2D eigenvalue weighted by Crippen LogP contribution is 2.24. The van der Waals surface area contributed by atoms with E-state index in [0.29, 0.717) is 18.0 Å². The fourth-order valence-corrected chi connectivity index (χ4v) is 1.25. The van der Waals surface area contributed by atoms with Crippen LogP contribution in [0.2, 0.25) is 0 Å². The number of halogens is 1. The molecular weight excluding hydrogens is 270 g/mol. The Kier molecular flexibility index (Phi) is 5.32. The van der Waals surface area contributed by atoms with Crippen LogP contribution in [0.15, 0.2) is 24.3 Å². The molecule has 0 radical (unpaired) electrons. The zero-order chi connectivity index (χ0) is 12.0. The van der Waals surface area contributed by atoms with Crippen LogP contribution in [0.3, 0.4) is 0 Å². The monoisotopic (exact) mass is 285 g/mol. The molecule has 0 aliphatic carbocycles. The van der Waals surface area contributed by atoms with Crippen molar-refractivity contribution >= 4 is 27.5 Å². The van der Waals surface area contributed by atoms with Crippen molar-refractivity contribution in [3.8, 4) is 5.75 Å². The van der Waals surface area contributed by atoms with Gasteiger partial charge < -0.3 is 10.1 Å². The van der Waals surface area contributed by atoms with E-state index in [0.717, 1.165) is 6.42 Å². The summed E-state index contributed by atoms with van der Waals surface area (Å²) in [4.78, 5) is 11.3. The number of carbonyl (C=O) groups excluding carboxylic acids is 1. The quantitative estimate of drug-likeness (QED) is 0.844. The number of ether oxygens (including phenoxy) is 1. The highest BCUT2D eigenvalue weighted by molar-refractivity contribution is 9.10. The molecule has 16 heavy (non-hydrogen) atoms. The molecule has 4 heteroatoms. The number of nitrogens with one attached hydrogen (secondary N) is 1. The predicted octanol–water partition coefficient (Wildman–Crippen LogP) is 3.20. The van der Waals surface area contributed by atoms with E-state index in [-0.39, 0.29) is 10.7 Å². The van der Waals surface area contributed by atoms with Crippen LogP contribution in [-0.2, 0) is 4.79 Å². The summed E-state index contributed by atoms with van der Waals surface area (Å²) in [5, 5.41) is 2.81. The smallest absolute Gasteiger partial charge is 0.237 e. The van der Waals surface area contributed by atoms with Gasteiger partial charge in [0.25, 0.3) is 0 Å². The number of hydrogen-bond acceptors (Lipinski definition) is 2. The average molecular weight is 286 g/mol. The number of rotatable bonds is 5. The van der Waals surface area contributed by atoms with Gasteiger partial charge in [0.2, 0.25) is 5.91 Å². The Labute approximate surface area is 104 Å². The van der Waals surface area contributed by atoms with E-state index < -0.39 is 0 Å². The van der Waals surface area contributed by atoms with Crippen LogP contribution in [0, 0.1) is 0 Å². The topological polar surface area (TPSA) is 38.3 Å². The predicted molar refractivity (Wildman–Crippen MR) is 69.2 cm³/mol. The van der Waals surface area contributed by atoms with E-state index in [2.05, 4.69) is 21.2 Å². The molecule has 0 aromatic heterocycles. The molecule has 0 saturated carbocycles. The molecule has 1 amide bonds. The molecule has 1 rings (SSSR count). The van der Waals surface area contributed by atoms with Gasteiger partial charge in [-0.15, -0.1) is 0 Å². The highest BCUT2D eigenvalue weighted by atomic mass is 79.9. The van der Waals surface area contributed by atoms with Gasteiger partial charge in [0.05, 0.1) is 17.1 Å². The van der Waals surface area contributed by atoms with Gasteiger partial charge in [0, 0.05) is 0 Å². The summed E-state index contributed by atoms with van der Waals surface area (Å²) in [5.74, 6) is 0.637. The zero-order valence-electron chi connectivity index (χ0n) is 9.50. The van der Waals surface area contributed by atoms with Crippen LogP contribution >= 0.6 is 15.9 Å². The van der Waals surface area contributed by atoms with Gasteiger partial charge in [-0.1, -0.05) is 35.0 Å². The van der Waals surface area contributed by atoms with Crippen LogP contribution in [0.4, 0.5) is 5.69 Å². The Balaban J connectivity index is 2.74. The van der Waals surface area contributed by atoms with E-state index in [1.54, 1.807) is 6.92 Å². The van der Waals surface area contributed by atoms with Gasteiger partial charge in [-0.25, -0.2) is 0 Å². The SMILES string of the molecule is CCCOc1ccccc1NC(=O)C(C)Br. The van der Waals surface area contributed by atoms with Gasteiger partial charge in [-0.05, 0) is 25.5 Å². The maximum absolute atomic E-state index is 11.5. The van der Waals surface area contributed by atoms with Gasteiger partial charge >= 0.3 is 0 Å². The fraction of sp³-hybridized carbons (Fsp3) is 0.417. The number of amides is 1. The Morgan fingerprint density at radius 3 is 2.81 bits per heavy atom. The van der Waals surface area contributed by atoms with E-state index in [4.69, 9.17) is 4.74 Å². The summed E-state index contributed by atoms with van der Waals surface area (Å²) >= 11 is 3.22. The van der Waals surface area contributed by atoms with Crippen molar-refractivity contribution in [3.63, 3.8) is 0 Å². The number of anilines is 1. The minimum absolute atomic E-state index is 0.0763. The molecule has 1 aromatic carbocycles. The van der Waals surface area contributed by atoms with Crippen molar-refractivity contribution in [2.45, 2.75) is 25.1 Å². The lowest BCUT2D eigenvalue weighted by Gasteiger charge is -2.12. The van der Waals surface area contributed by atoms with Crippen molar-refractivity contribution in [1.82, 2.24) is 0 Å². The lowest BCUT2D eigenvalue weighted by atomic mass is 10.3. The minimum atomic E-state index is -0.216. The first kappa shape index (κ1) is 13.0. The number of hydrogen-bond donors (Lipinski definition) is 1. The van der Waals surface area contributed by atoms with Gasteiger partial charge in [0.15, 0.2) is 0 Å². The van der Waals surface area contributed by atoms with Crippen LogP contribution < -0.4 is 10.1 Å². The summed E-state index contributed by atoms with van der Waals surface area (Å²) in [6.07, 6.45) is 0.942. The van der Waals surface area contributed by atoms with Crippen molar-refractivity contribution in [3.05, 3.63) is 24.3 Å². The summed E-state index contributed by atoms with van der Waals surface area (Å²) in [6, 6.07) is 7.44. The average Bonchev–Trinajstić information content (AvgIpc) is 2.27. The molecule has 1 N–H and O–H groups in total. The number of para-hydroxylation sites is 2. The first-order valence-electron chi connectivity index (χ1n) is 5.32. The van der Waals surface area contributed by atoms with Gasteiger partial charge in [-0.2, -0.15) is 0 Å². The standard InChI is InChI=1S/C12H16BrNO2/c1-3-8-16-11-7-5-4-6-10(11)14-12(15)9(2)13/h4-7,9H,3,8H2,1-2H3,(H,14,15). The molecule has 1 unspecified atom stereocenters. The number of benzene rings is 1. The molecule has 0 aliphatic heterocycles. The summed E-state index contributed by atoms with van der Waals surface area (Å²) < 4.78 is 5.54. The van der Waals surface area contributed by atoms with Gasteiger partial charge in [-0.3, -0.25) is 4.79 Å². The molecule has 3 nitrogen and oxygen atoms in total. The lowest BCUT2D eigenvalue weighted by molar-refractivity contribution is -0.115. The fourth-order valence-electron chi connectivity index (χ4n) is 1.14. The van der Waals surface area contributed by atoms with Gasteiger partial charge in [0.1, 0.15) is 5.75 Å². The van der Waals surface area contributed by atoms with E-state index >= 15 is 0 Å². The summed E-state index contributed by atoms with van der Waals surface area (Å²) in [7, 11) is 0. The minimum Gasteiger partial charge on any atom is -0.491 e. The molecule has 1 aromatic rings. The second-order valence-electron chi connectivity index (χ2n) is 3.45. The molecule has 0 heterocycles. The molecular formula is C12H16BrNO2. The summed E-state index contributed by atoms with van der Waals surface area (Å²) in [5.41, 5.74) is 0.715. The first-order valence-corrected chi connectivity index (χ1v) is 6.23. The van der Waals surface area contributed by atoms with Crippen molar-refractivity contribution in [1.29, 1.82) is 0 Å². The zero-order valence-corrected chi connectivity index (χ0v) is 11.1. The molecule has 1 atom stereocenters. The molecule has 0 saturated heterocycles. The summed E-state index contributed by atoms with van der Waals surface area (Å²) in [6.45, 7) is 4.48. The second kappa shape index (κ2) is 6.53. The van der Waals surface area contributed by atoms with Crippen molar-refractivity contribution in [2.75, 3.05) is 11.9 Å². The third kappa shape index (κ3) is 3.85. The highest BCUT2D eigenvalue weighted by Gasteiger charge is 2.11. The Morgan fingerprint density at radius 2 is 2.19 bits per heavy atom. The molecule has 0 fully saturated rings. The molecule has 0 aliphatic rings. The van der Waals surface area contributed by atoms with Crippen LogP contribution in [0.1, 0.15) is 20.3 Å². The van der Waals surface area contributed by atoms with E-state index in [1.807, 2.05) is 31.2 Å². The van der Waals surface area contributed by atoms with Crippen LogP contribution in [0.5, 0.6) is 5.75 Å². The number of carbonyl (C=O) groups is 1. The van der Waals surface area contributed by atoms with Crippen LogP contribution in [0.25, 0.3) is 0 Å². The lowest BCUT2D eigenvalue weighted by Crippen LogP contribution is -2.20. The van der Waals surface area contributed by atoms with E-state index in [1.165, 1.54) is 0 Å². The van der Waals surface area contributed by atoms with E-state index in [9.17, 15) is 4.79 Å². The Hall–Kier alpha value is -1.03. The second-order valence-corrected chi connectivity index (χ2v) is 4.82. The number of alkyl halides is 1. The molecule has 0 spiro atoms. The van der Waals surface area contributed by atoms with Crippen molar-refractivity contribution < 1.29 is 9.53 Å². The molecule has 88 valence electrons. The third-order valence-corrected chi connectivity index (χ3v) is 2.38. The third-order valence-electron chi connectivity index (χ3n) is 1.97. The molecule has 0 bridgehead atoms.